The van der Waals surface area contributed by atoms with E-state index in [2.05, 4.69) is 9.97 Å². The lowest BCUT2D eigenvalue weighted by Crippen LogP contribution is -2.11. The van der Waals surface area contributed by atoms with Crippen molar-refractivity contribution in [2.75, 3.05) is 6.61 Å². The highest BCUT2D eigenvalue weighted by Gasteiger charge is 1.97. The number of aryl methyl sites for hydroxylation is 2. The normalized spacial score (nSPS) is 10.3. The van der Waals surface area contributed by atoms with Gasteiger partial charge in [0.05, 0.1) is 0 Å². The van der Waals surface area contributed by atoms with Gasteiger partial charge < -0.3 is 10.1 Å². The second-order valence-corrected chi connectivity index (χ2v) is 3.01. The molecule has 0 amide bonds. The van der Waals surface area contributed by atoms with Gasteiger partial charge in [-0.05, 0) is 19.8 Å². The number of aromatic amines is 1. The lowest BCUT2D eigenvalue weighted by atomic mass is 10.2. The number of nitrogens with one attached hydrogen (secondary N) is 1. The maximum atomic E-state index is 11.0. The quantitative estimate of drug-likeness (QED) is 0.662. The lowest BCUT2D eigenvalue weighted by Gasteiger charge is -1.99. The third-order valence-corrected chi connectivity index (χ3v) is 1.74. The van der Waals surface area contributed by atoms with Crippen molar-refractivity contribution in [1.29, 1.82) is 0 Å². The fraction of sp³-hybridized carbons (Fsp3) is 0.556. The van der Waals surface area contributed by atoms with Crippen LogP contribution in [0.15, 0.2) is 10.9 Å². The Morgan fingerprint density at radius 1 is 1.54 bits per heavy atom. The summed E-state index contributed by atoms with van der Waals surface area (Å²) in [5.41, 5.74) is 0.634. The van der Waals surface area contributed by atoms with Gasteiger partial charge in [0, 0.05) is 24.8 Å². The van der Waals surface area contributed by atoms with Crippen molar-refractivity contribution in [2.45, 2.75) is 26.2 Å². The Hall–Kier alpha value is -1.16. The molecule has 1 aromatic heterocycles. The molecule has 0 saturated heterocycles. The lowest BCUT2D eigenvalue weighted by molar-refractivity contribution is 0.284. The Morgan fingerprint density at radius 3 is 2.92 bits per heavy atom. The van der Waals surface area contributed by atoms with Crippen LogP contribution in [0.25, 0.3) is 0 Å². The molecule has 1 heterocycles. The smallest absolute Gasteiger partial charge is 0.251 e. The molecule has 0 fully saturated rings. The summed E-state index contributed by atoms with van der Waals surface area (Å²) in [6.07, 6.45) is 2.32. The number of aliphatic hydroxyl groups excluding tert-OH is 1. The molecule has 0 aliphatic rings. The Kier molecular flexibility index (Phi) is 3.64. The van der Waals surface area contributed by atoms with Gasteiger partial charge in [0.15, 0.2) is 0 Å². The maximum Gasteiger partial charge on any atom is 0.251 e. The van der Waals surface area contributed by atoms with E-state index in [-0.39, 0.29) is 12.2 Å². The maximum absolute atomic E-state index is 11.0. The standard InChI is InChI=1S/C9H14N2O2/c1-7-6-9(13)11-8(10-7)4-2-3-5-12/h6,12H,2-5H2,1H3,(H,10,11,13). The minimum absolute atomic E-state index is 0.105. The van der Waals surface area contributed by atoms with E-state index in [1.54, 1.807) is 6.92 Å². The third-order valence-electron chi connectivity index (χ3n) is 1.74. The summed E-state index contributed by atoms with van der Waals surface area (Å²) in [5, 5.41) is 8.56. The SMILES string of the molecule is Cc1cc(=O)[nH]c(CCCCO)n1. The van der Waals surface area contributed by atoms with Crippen molar-refractivity contribution >= 4 is 0 Å². The first kappa shape index (κ1) is 9.92. The summed E-state index contributed by atoms with van der Waals surface area (Å²) in [6.45, 7) is 1.99. The van der Waals surface area contributed by atoms with Crippen LogP contribution in [0.2, 0.25) is 0 Å². The van der Waals surface area contributed by atoms with Gasteiger partial charge in [-0.2, -0.15) is 0 Å². The van der Waals surface area contributed by atoms with Crippen LogP contribution in [0.4, 0.5) is 0 Å². The number of H-pyrrole nitrogens is 1. The van der Waals surface area contributed by atoms with Gasteiger partial charge in [0.1, 0.15) is 5.82 Å². The van der Waals surface area contributed by atoms with Crippen LogP contribution in [-0.4, -0.2) is 21.7 Å². The number of nitrogens with zero attached hydrogens (tertiary/aromatic N) is 1. The van der Waals surface area contributed by atoms with Crippen LogP contribution >= 0.6 is 0 Å². The fourth-order valence-corrected chi connectivity index (χ4v) is 1.16. The van der Waals surface area contributed by atoms with Gasteiger partial charge in [-0.3, -0.25) is 4.79 Å². The summed E-state index contributed by atoms with van der Waals surface area (Å²) in [5.74, 6) is 0.707. The van der Waals surface area contributed by atoms with Crippen LogP contribution < -0.4 is 5.56 Å². The Bertz CT molecular complexity index is 320. The van der Waals surface area contributed by atoms with E-state index in [1.165, 1.54) is 6.07 Å². The number of aliphatic hydroxyl groups is 1. The zero-order valence-electron chi connectivity index (χ0n) is 7.71. The van der Waals surface area contributed by atoms with Gasteiger partial charge in [0.2, 0.25) is 0 Å². The van der Waals surface area contributed by atoms with Crippen molar-refractivity contribution in [3.05, 3.63) is 27.9 Å². The van der Waals surface area contributed by atoms with Crippen LogP contribution in [0, 0.1) is 6.92 Å². The molecule has 1 rings (SSSR count). The van der Waals surface area contributed by atoms with Crippen LogP contribution in [0.3, 0.4) is 0 Å². The van der Waals surface area contributed by atoms with Gasteiger partial charge in [-0.15, -0.1) is 0 Å². The largest absolute Gasteiger partial charge is 0.396 e. The van der Waals surface area contributed by atoms with Gasteiger partial charge in [0.25, 0.3) is 5.56 Å². The summed E-state index contributed by atoms with van der Waals surface area (Å²) in [4.78, 5) is 17.8. The van der Waals surface area contributed by atoms with Crippen molar-refractivity contribution in [2.24, 2.45) is 0 Å². The minimum atomic E-state index is -0.105. The highest BCUT2D eigenvalue weighted by molar-refractivity contribution is 5.00. The molecule has 0 saturated carbocycles. The topological polar surface area (TPSA) is 66.0 Å². The zero-order chi connectivity index (χ0) is 9.68. The Labute approximate surface area is 76.7 Å². The van der Waals surface area contributed by atoms with E-state index in [0.29, 0.717) is 5.82 Å². The summed E-state index contributed by atoms with van der Waals surface area (Å²) >= 11 is 0. The molecular formula is C9H14N2O2. The van der Waals surface area contributed by atoms with E-state index in [9.17, 15) is 4.79 Å². The number of aromatic nitrogens is 2. The Balaban J connectivity index is 2.61. The predicted octanol–water partition coefficient (Wildman–Crippen LogP) is 0.393. The first-order valence-electron chi connectivity index (χ1n) is 4.40. The molecule has 0 aromatic carbocycles. The average molecular weight is 182 g/mol. The number of hydrogen-bond donors (Lipinski definition) is 2. The van der Waals surface area contributed by atoms with Gasteiger partial charge in [-0.1, -0.05) is 0 Å². The second kappa shape index (κ2) is 4.77. The van der Waals surface area contributed by atoms with E-state index >= 15 is 0 Å². The highest BCUT2D eigenvalue weighted by atomic mass is 16.2. The molecule has 0 bridgehead atoms. The van der Waals surface area contributed by atoms with Crippen LogP contribution in [0.5, 0.6) is 0 Å². The van der Waals surface area contributed by atoms with Gasteiger partial charge in [-0.25, -0.2) is 4.98 Å². The predicted molar refractivity (Wildman–Crippen MR) is 49.6 cm³/mol. The molecule has 0 radical (unpaired) electrons. The van der Waals surface area contributed by atoms with Crippen molar-refractivity contribution < 1.29 is 5.11 Å². The molecule has 0 aliphatic carbocycles. The summed E-state index contributed by atoms with van der Waals surface area (Å²) < 4.78 is 0. The van der Waals surface area contributed by atoms with E-state index in [0.717, 1.165) is 25.0 Å². The first-order chi connectivity index (χ1) is 6.22. The summed E-state index contributed by atoms with van der Waals surface area (Å²) in [6, 6.07) is 1.47. The third kappa shape index (κ3) is 3.38. The van der Waals surface area contributed by atoms with E-state index in [1.807, 2.05) is 0 Å². The fourth-order valence-electron chi connectivity index (χ4n) is 1.16. The number of rotatable bonds is 4. The molecule has 1 aromatic rings. The first-order valence-corrected chi connectivity index (χ1v) is 4.40. The second-order valence-electron chi connectivity index (χ2n) is 3.01. The molecule has 0 unspecified atom stereocenters. The molecule has 2 N–H and O–H groups in total. The molecule has 72 valence electrons. The average Bonchev–Trinajstić information content (AvgIpc) is 2.03. The molecule has 0 aliphatic heterocycles. The zero-order valence-corrected chi connectivity index (χ0v) is 7.71. The molecule has 0 spiro atoms. The van der Waals surface area contributed by atoms with Gasteiger partial charge >= 0.3 is 0 Å². The summed E-state index contributed by atoms with van der Waals surface area (Å²) in [7, 11) is 0. The van der Waals surface area contributed by atoms with E-state index in [4.69, 9.17) is 5.11 Å². The molecule has 4 heteroatoms. The van der Waals surface area contributed by atoms with E-state index < -0.39 is 0 Å². The Morgan fingerprint density at radius 2 is 2.31 bits per heavy atom. The minimum Gasteiger partial charge on any atom is -0.396 e. The van der Waals surface area contributed by atoms with Crippen molar-refractivity contribution in [3.8, 4) is 0 Å². The molecule has 0 atom stereocenters. The van der Waals surface area contributed by atoms with Crippen LogP contribution in [0.1, 0.15) is 24.4 Å². The monoisotopic (exact) mass is 182 g/mol. The number of hydrogen-bond acceptors (Lipinski definition) is 3. The molecule has 13 heavy (non-hydrogen) atoms. The van der Waals surface area contributed by atoms with Crippen molar-refractivity contribution in [1.82, 2.24) is 9.97 Å². The highest BCUT2D eigenvalue weighted by Crippen LogP contribution is 1.97. The van der Waals surface area contributed by atoms with Crippen molar-refractivity contribution in [3.63, 3.8) is 0 Å². The van der Waals surface area contributed by atoms with Crippen LogP contribution in [-0.2, 0) is 6.42 Å². The molecule has 4 nitrogen and oxygen atoms in total. The molecular weight excluding hydrogens is 168 g/mol. The number of unbranched alkanes of at least 4 members (excludes halogenated alkanes) is 1.